The molecule has 0 radical (unpaired) electrons. The number of hydrogen-bond donors (Lipinski definition) is 0. The molecule has 0 saturated heterocycles. The van der Waals surface area contributed by atoms with Gasteiger partial charge >= 0.3 is 0 Å². The van der Waals surface area contributed by atoms with Crippen LogP contribution in [0.4, 0.5) is 0 Å². The van der Waals surface area contributed by atoms with E-state index >= 15 is 0 Å². The zero-order valence-electron chi connectivity index (χ0n) is 18.7. The highest BCUT2D eigenvalue weighted by Gasteiger charge is 2.12. The number of hydrogen-bond acceptors (Lipinski definition) is 5. The predicted molar refractivity (Wildman–Crippen MR) is 124 cm³/mol. The zero-order chi connectivity index (χ0) is 22.9. The van der Waals surface area contributed by atoms with Gasteiger partial charge in [0.05, 0.1) is 35.5 Å². The first-order valence-electron chi connectivity index (χ1n) is 9.77. The molecule has 5 nitrogen and oxygen atoms in total. The van der Waals surface area contributed by atoms with E-state index in [1.807, 2.05) is 54.6 Å². The van der Waals surface area contributed by atoms with Crippen LogP contribution in [-0.4, -0.2) is 35.5 Å². The van der Waals surface area contributed by atoms with Crippen molar-refractivity contribution in [2.24, 2.45) is 0 Å². The summed E-state index contributed by atoms with van der Waals surface area (Å²) in [5.74, 6) is 15.6. The molecule has 0 heterocycles. The summed E-state index contributed by atoms with van der Waals surface area (Å²) >= 11 is 0. The average Bonchev–Trinajstić information content (AvgIpc) is 2.85. The van der Waals surface area contributed by atoms with Gasteiger partial charge in [-0.05, 0) is 48.5 Å². The summed E-state index contributed by atoms with van der Waals surface area (Å²) in [6, 6.07) is 16.9. The SMILES string of the molecule is COc1cc(C#Cc2ccc(C#Cc3cc(OC)c(OC)c(OC)c3)cc2)cc(OC)c1. The van der Waals surface area contributed by atoms with E-state index in [4.69, 9.17) is 23.7 Å². The van der Waals surface area contributed by atoms with Crippen molar-refractivity contribution in [1.29, 1.82) is 0 Å². The minimum atomic E-state index is 0.539. The molecule has 32 heavy (non-hydrogen) atoms. The largest absolute Gasteiger partial charge is 0.497 e. The Morgan fingerprint density at radius 3 is 1.22 bits per heavy atom. The van der Waals surface area contributed by atoms with Crippen LogP contribution in [0.5, 0.6) is 28.7 Å². The Hall–Kier alpha value is -4.22. The molecule has 0 aliphatic rings. The number of methoxy groups -OCH3 is 5. The van der Waals surface area contributed by atoms with Crippen molar-refractivity contribution >= 4 is 0 Å². The van der Waals surface area contributed by atoms with Crippen molar-refractivity contribution in [2.75, 3.05) is 35.5 Å². The molecule has 0 saturated carbocycles. The van der Waals surface area contributed by atoms with Gasteiger partial charge < -0.3 is 23.7 Å². The predicted octanol–water partition coefficient (Wildman–Crippen LogP) is 4.53. The molecule has 0 amide bonds. The lowest BCUT2D eigenvalue weighted by Gasteiger charge is -2.12. The Kier molecular flexibility index (Phi) is 7.51. The third-order valence-electron chi connectivity index (χ3n) is 4.60. The van der Waals surface area contributed by atoms with Gasteiger partial charge in [0.15, 0.2) is 11.5 Å². The van der Waals surface area contributed by atoms with Crippen molar-refractivity contribution in [3.05, 3.63) is 76.9 Å². The second kappa shape index (κ2) is 10.7. The fourth-order valence-electron chi connectivity index (χ4n) is 2.96. The van der Waals surface area contributed by atoms with Gasteiger partial charge in [-0.15, -0.1) is 0 Å². The third kappa shape index (κ3) is 5.47. The van der Waals surface area contributed by atoms with Crippen LogP contribution in [0, 0.1) is 23.7 Å². The molecule has 3 aromatic carbocycles. The molecular weight excluding hydrogens is 404 g/mol. The average molecular weight is 428 g/mol. The van der Waals surface area contributed by atoms with Gasteiger partial charge in [0.2, 0.25) is 5.75 Å². The minimum absolute atomic E-state index is 0.539. The van der Waals surface area contributed by atoms with Gasteiger partial charge in [-0.25, -0.2) is 0 Å². The standard InChI is InChI=1S/C27H24O5/c1-28-23-14-21(15-24(18-23)29-2)12-10-19-6-8-20(9-7-19)11-13-22-16-25(30-3)27(32-5)26(17-22)31-4/h6-9,14-18H,1-5H3. The summed E-state index contributed by atoms with van der Waals surface area (Å²) in [6.45, 7) is 0. The van der Waals surface area contributed by atoms with Gasteiger partial charge in [0.25, 0.3) is 0 Å². The fraction of sp³-hybridized carbons (Fsp3) is 0.185. The Morgan fingerprint density at radius 1 is 0.438 bits per heavy atom. The van der Waals surface area contributed by atoms with Crippen molar-refractivity contribution in [3.63, 3.8) is 0 Å². The van der Waals surface area contributed by atoms with Gasteiger partial charge in [0.1, 0.15) is 11.5 Å². The van der Waals surface area contributed by atoms with Crippen molar-refractivity contribution in [2.45, 2.75) is 0 Å². The van der Waals surface area contributed by atoms with Crippen LogP contribution in [0.15, 0.2) is 54.6 Å². The second-order valence-electron chi connectivity index (χ2n) is 6.59. The van der Waals surface area contributed by atoms with Crippen LogP contribution >= 0.6 is 0 Å². The van der Waals surface area contributed by atoms with Crippen molar-refractivity contribution in [3.8, 4) is 52.4 Å². The normalized spacial score (nSPS) is 9.53. The number of rotatable bonds is 5. The van der Waals surface area contributed by atoms with Crippen LogP contribution in [0.2, 0.25) is 0 Å². The maximum Gasteiger partial charge on any atom is 0.203 e. The molecule has 3 aromatic rings. The Labute approximate surface area is 188 Å². The molecule has 0 unspecified atom stereocenters. The summed E-state index contributed by atoms with van der Waals surface area (Å²) in [4.78, 5) is 0. The summed E-state index contributed by atoms with van der Waals surface area (Å²) in [5, 5.41) is 0. The van der Waals surface area contributed by atoms with E-state index in [1.165, 1.54) is 0 Å². The molecule has 0 bridgehead atoms. The molecule has 0 aromatic heterocycles. The Bertz CT molecular complexity index is 1160. The molecule has 0 fully saturated rings. The molecule has 0 atom stereocenters. The van der Waals surface area contributed by atoms with E-state index in [-0.39, 0.29) is 0 Å². The summed E-state index contributed by atoms with van der Waals surface area (Å²) in [5.41, 5.74) is 3.32. The summed E-state index contributed by atoms with van der Waals surface area (Å²) in [6.07, 6.45) is 0. The molecular formula is C27H24O5. The number of benzene rings is 3. The second-order valence-corrected chi connectivity index (χ2v) is 6.59. The first-order chi connectivity index (χ1) is 15.6. The highest BCUT2D eigenvalue weighted by atomic mass is 16.5. The lowest BCUT2D eigenvalue weighted by atomic mass is 10.1. The molecule has 5 heteroatoms. The smallest absolute Gasteiger partial charge is 0.203 e. The van der Waals surface area contributed by atoms with E-state index in [0.717, 1.165) is 22.3 Å². The fourth-order valence-corrected chi connectivity index (χ4v) is 2.96. The summed E-state index contributed by atoms with van der Waals surface area (Å²) in [7, 11) is 7.96. The van der Waals surface area contributed by atoms with Gasteiger partial charge in [0, 0.05) is 28.3 Å². The van der Waals surface area contributed by atoms with Crippen LogP contribution in [-0.2, 0) is 0 Å². The topological polar surface area (TPSA) is 46.2 Å². The first-order valence-corrected chi connectivity index (χ1v) is 9.77. The van der Waals surface area contributed by atoms with E-state index < -0.39 is 0 Å². The molecule has 3 rings (SSSR count). The van der Waals surface area contributed by atoms with Crippen molar-refractivity contribution in [1.82, 2.24) is 0 Å². The van der Waals surface area contributed by atoms with Gasteiger partial charge in [-0.3, -0.25) is 0 Å². The van der Waals surface area contributed by atoms with Crippen LogP contribution in [0.3, 0.4) is 0 Å². The molecule has 0 aliphatic heterocycles. The molecule has 162 valence electrons. The maximum atomic E-state index is 5.38. The summed E-state index contributed by atoms with van der Waals surface area (Å²) < 4.78 is 26.7. The molecule has 0 spiro atoms. The maximum absolute atomic E-state index is 5.38. The van der Waals surface area contributed by atoms with E-state index in [9.17, 15) is 0 Å². The number of ether oxygens (including phenoxy) is 5. The quantitative estimate of drug-likeness (QED) is 0.559. The highest BCUT2D eigenvalue weighted by molar-refractivity contribution is 5.58. The van der Waals surface area contributed by atoms with E-state index in [1.54, 1.807) is 35.5 Å². The lowest BCUT2D eigenvalue weighted by Crippen LogP contribution is -1.95. The zero-order valence-corrected chi connectivity index (χ0v) is 18.7. The highest BCUT2D eigenvalue weighted by Crippen LogP contribution is 2.37. The van der Waals surface area contributed by atoms with Gasteiger partial charge in [-0.1, -0.05) is 23.7 Å². The van der Waals surface area contributed by atoms with E-state index in [2.05, 4.69) is 23.7 Å². The van der Waals surface area contributed by atoms with Crippen molar-refractivity contribution < 1.29 is 23.7 Å². The molecule has 0 aliphatic carbocycles. The Balaban J connectivity index is 1.81. The minimum Gasteiger partial charge on any atom is -0.497 e. The van der Waals surface area contributed by atoms with E-state index in [0.29, 0.717) is 28.7 Å². The van der Waals surface area contributed by atoms with Gasteiger partial charge in [-0.2, -0.15) is 0 Å². The van der Waals surface area contributed by atoms with Crippen LogP contribution < -0.4 is 23.7 Å². The Morgan fingerprint density at radius 2 is 0.844 bits per heavy atom. The first kappa shape index (κ1) is 22.5. The lowest BCUT2D eigenvalue weighted by molar-refractivity contribution is 0.324. The third-order valence-corrected chi connectivity index (χ3v) is 4.60. The monoisotopic (exact) mass is 428 g/mol. The van der Waals surface area contributed by atoms with Crippen LogP contribution in [0.25, 0.3) is 0 Å². The van der Waals surface area contributed by atoms with Crippen LogP contribution in [0.1, 0.15) is 22.3 Å². The molecule has 0 N–H and O–H groups in total.